The zero-order chi connectivity index (χ0) is 14.9. The lowest BCUT2D eigenvalue weighted by Gasteiger charge is -2.13. The fourth-order valence-corrected chi connectivity index (χ4v) is 2.25. The summed E-state index contributed by atoms with van der Waals surface area (Å²) in [7, 11) is 0. The van der Waals surface area contributed by atoms with Gasteiger partial charge in [0, 0.05) is 5.56 Å². The molecule has 0 aromatic heterocycles. The highest BCUT2D eigenvalue weighted by Gasteiger charge is 2.51. The monoisotopic (exact) mass is 318 g/mol. The van der Waals surface area contributed by atoms with Crippen LogP contribution in [0.4, 0.5) is 0 Å². The first-order valence-corrected chi connectivity index (χ1v) is 6.68. The van der Waals surface area contributed by atoms with Gasteiger partial charge in [-0.25, -0.2) is 4.79 Å². The number of ketones is 1. The number of carbonyl (C=O) groups is 2. The maximum atomic E-state index is 12.3. The molecule has 1 saturated heterocycles. The highest BCUT2D eigenvalue weighted by Crippen LogP contribution is 2.40. The summed E-state index contributed by atoms with van der Waals surface area (Å²) in [5.41, 5.74) is -0.546. The minimum atomic E-state index is -1.13. The topological polar surface area (TPSA) is 76.1 Å². The van der Waals surface area contributed by atoms with Crippen molar-refractivity contribution in [1.82, 2.24) is 0 Å². The predicted molar refractivity (Wildman–Crippen MR) is 72.9 cm³/mol. The van der Waals surface area contributed by atoms with Crippen LogP contribution >= 0.6 is 23.2 Å². The van der Waals surface area contributed by atoms with Crippen molar-refractivity contribution in [2.24, 2.45) is 0 Å². The summed E-state index contributed by atoms with van der Waals surface area (Å²) in [5.74, 6) is -1.23. The maximum absolute atomic E-state index is 12.3. The molecule has 1 N–H and O–H groups in total. The Morgan fingerprint density at radius 3 is 2.55 bits per heavy atom. The molecule has 1 fully saturated rings. The van der Waals surface area contributed by atoms with Crippen molar-refractivity contribution >= 4 is 35.0 Å². The lowest BCUT2D eigenvalue weighted by atomic mass is 9.96. The van der Waals surface area contributed by atoms with Gasteiger partial charge in [-0.1, -0.05) is 30.1 Å². The van der Waals surface area contributed by atoms with Gasteiger partial charge >= 0.3 is 5.97 Å². The molecule has 1 aromatic rings. The summed E-state index contributed by atoms with van der Waals surface area (Å²) < 4.78 is 10.2. The largest absolute Gasteiger partial charge is 0.480 e. The van der Waals surface area contributed by atoms with E-state index in [0.717, 1.165) is 0 Å². The average Bonchev–Trinajstić information content (AvgIpc) is 3.20. The standard InChI is InChI=1S/C13H12Cl2O5/c1-2-13(6-20-13)12(18)7-3-4-8(11(15)10(7)14)19-5-9(16)17/h3-4H,2,5-6H2,1H3,(H,16,17). The fraction of sp³-hybridized carbons (Fsp3) is 0.385. The highest BCUT2D eigenvalue weighted by atomic mass is 35.5. The SMILES string of the molecule is CCC1(C(=O)c2ccc(OCC(=O)O)c(Cl)c2Cl)CO1. The van der Waals surface area contributed by atoms with Gasteiger partial charge in [0.05, 0.1) is 11.6 Å². The first-order chi connectivity index (χ1) is 9.41. The Labute approximate surface area is 125 Å². The lowest BCUT2D eigenvalue weighted by molar-refractivity contribution is -0.139. The molecule has 1 aliphatic heterocycles. The number of aliphatic carboxylic acids is 1. The van der Waals surface area contributed by atoms with Gasteiger partial charge in [0.1, 0.15) is 10.8 Å². The van der Waals surface area contributed by atoms with Crippen LogP contribution in [0.2, 0.25) is 10.0 Å². The smallest absolute Gasteiger partial charge is 0.341 e. The molecule has 7 heteroatoms. The number of halogens is 2. The third-order valence-electron chi connectivity index (χ3n) is 3.12. The van der Waals surface area contributed by atoms with Crippen LogP contribution in [0.15, 0.2) is 12.1 Å². The number of carbonyl (C=O) groups excluding carboxylic acids is 1. The Bertz CT molecular complexity index is 566. The van der Waals surface area contributed by atoms with Crippen molar-refractivity contribution in [3.63, 3.8) is 0 Å². The van der Waals surface area contributed by atoms with E-state index in [4.69, 9.17) is 37.8 Å². The number of hydrogen-bond donors (Lipinski definition) is 1. The molecule has 1 atom stereocenters. The minimum absolute atomic E-state index is 0.0191. The van der Waals surface area contributed by atoms with Crippen LogP contribution in [0, 0.1) is 0 Å². The van der Waals surface area contributed by atoms with E-state index in [1.54, 1.807) is 0 Å². The van der Waals surface area contributed by atoms with E-state index < -0.39 is 18.2 Å². The molecule has 0 saturated carbocycles. The molecule has 0 amide bonds. The number of carboxylic acids is 1. The fourth-order valence-electron chi connectivity index (χ4n) is 1.79. The van der Waals surface area contributed by atoms with Crippen LogP contribution in [0.3, 0.4) is 0 Å². The number of benzene rings is 1. The second-order valence-electron chi connectivity index (χ2n) is 4.39. The van der Waals surface area contributed by atoms with Gasteiger partial charge < -0.3 is 14.6 Å². The van der Waals surface area contributed by atoms with E-state index >= 15 is 0 Å². The Balaban J connectivity index is 2.27. The first kappa shape index (κ1) is 15.1. The van der Waals surface area contributed by atoms with Gasteiger partial charge in [-0.2, -0.15) is 0 Å². The number of epoxide rings is 1. The van der Waals surface area contributed by atoms with E-state index in [-0.39, 0.29) is 27.1 Å². The zero-order valence-corrected chi connectivity index (χ0v) is 12.1. The van der Waals surface area contributed by atoms with Crippen molar-refractivity contribution in [3.05, 3.63) is 27.7 Å². The molecule has 0 aliphatic carbocycles. The van der Waals surface area contributed by atoms with Crippen LogP contribution in [-0.4, -0.2) is 35.7 Å². The summed E-state index contributed by atoms with van der Waals surface area (Å²) in [5, 5.41) is 8.62. The summed E-state index contributed by atoms with van der Waals surface area (Å²) in [6.45, 7) is 1.68. The Morgan fingerprint density at radius 2 is 2.05 bits per heavy atom. The Morgan fingerprint density at radius 1 is 1.40 bits per heavy atom. The normalized spacial score (nSPS) is 20.6. The third-order valence-corrected chi connectivity index (χ3v) is 3.98. The highest BCUT2D eigenvalue weighted by molar-refractivity contribution is 6.45. The van der Waals surface area contributed by atoms with E-state index in [1.807, 2.05) is 6.92 Å². The molecule has 0 spiro atoms. The number of rotatable bonds is 6. The van der Waals surface area contributed by atoms with Gasteiger partial charge in [-0.3, -0.25) is 4.79 Å². The molecule has 1 aliphatic rings. The van der Waals surface area contributed by atoms with Gasteiger partial charge in [-0.05, 0) is 18.6 Å². The maximum Gasteiger partial charge on any atom is 0.341 e. The molecule has 0 bridgehead atoms. The van der Waals surface area contributed by atoms with Crippen LogP contribution in [0.1, 0.15) is 23.7 Å². The second-order valence-corrected chi connectivity index (χ2v) is 5.14. The van der Waals surface area contributed by atoms with Crippen molar-refractivity contribution in [2.45, 2.75) is 18.9 Å². The van der Waals surface area contributed by atoms with E-state index in [0.29, 0.717) is 13.0 Å². The number of carboxylic acid groups (broad SMARTS) is 1. The summed E-state index contributed by atoms with van der Waals surface area (Å²) in [6, 6.07) is 2.89. The van der Waals surface area contributed by atoms with E-state index in [2.05, 4.69) is 0 Å². The number of hydrogen-bond acceptors (Lipinski definition) is 4. The first-order valence-electron chi connectivity index (χ1n) is 5.92. The minimum Gasteiger partial charge on any atom is -0.480 e. The Hall–Kier alpha value is -1.30. The van der Waals surface area contributed by atoms with Crippen LogP contribution in [0.5, 0.6) is 5.75 Å². The molecule has 20 heavy (non-hydrogen) atoms. The van der Waals surface area contributed by atoms with Gasteiger partial charge in [-0.15, -0.1) is 0 Å². The van der Waals surface area contributed by atoms with Crippen molar-refractivity contribution in [2.75, 3.05) is 13.2 Å². The van der Waals surface area contributed by atoms with Crippen molar-refractivity contribution in [1.29, 1.82) is 0 Å². The molecular formula is C13H12Cl2O5. The number of ether oxygens (including phenoxy) is 2. The molecule has 5 nitrogen and oxygen atoms in total. The quantitative estimate of drug-likeness (QED) is 0.644. The molecular weight excluding hydrogens is 307 g/mol. The van der Waals surface area contributed by atoms with Crippen molar-refractivity contribution in [3.8, 4) is 5.75 Å². The molecule has 1 heterocycles. The van der Waals surface area contributed by atoms with Crippen molar-refractivity contribution < 1.29 is 24.2 Å². The van der Waals surface area contributed by atoms with E-state index in [1.165, 1.54) is 12.1 Å². The van der Waals surface area contributed by atoms with Crippen LogP contribution < -0.4 is 4.74 Å². The van der Waals surface area contributed by atoms with Gasteiger partial charge in [0.25, 0.3) is 0 Å². The average molecular weight is 319 g/mol. The van der Waals surface area contributed by atoms with Crippen LogP contribution in [0.25, 0.3) is 0 Å². The zero-order valence-electron chi connectivity index (χ0n) is 10.6. The van der Waals surface area contributed by atoms with Crippen LogP contribution in [-0.2, 0) is 9.53 Å². The second kappa shape index (κ2) is 5.60. The van der Waals surface area contributed by atoms with Gasteiger partial charge in [0.2, 0.25) is 0 Å². The molecule has 1 aromatic carbocycles. The summed E-state index contributed by atoms with van der Waals surface area (Å²) in [4.78, 5) is 22.8. The third kappa shape index (κ3) is 2.75. The Kier molecular flexibility index (Phi) is 4.22. The predicted octanol–water partition coefficient (Wildman–Crippen LogP) is 2.82. The van der Waals surface area contributed by atoms with Gasteiger partial charge in [0.15, 0.2) is 18.0 Å². The lowest BCUT2D eigenvalue weighted by Crippen LogP contribution is -2.24. The molecule has 1 unspecified atom stereocenters. The van der Waals surface area contributed by atoms with E-state index in [9.17, 15) is 9.59 Å². The summed E-state index contributed by atoms with van der Waals surface area (Å²) in [6.07, 6.45) is 0.553. The summed E-state index contributed by atoms with van der Waals surface area (Å²) >= 11 is 12.1. The molecule has 2 rings (SSSR count). The molecule has 0 radical (unpaired) electrons. The number of Topliss-reactive ketones (excluding diaryl/α,β-unsaturated/α-hetero) is 1. The molecule has 108 valence electrons.